The van der Waals surface area contributed by atoms with E-state index in [-0.39, 0.29) is 23.0 Å². The van der Waals surface area contributed by atoms with Gasteiger partial charge in [-0.3, -0.25) is 9.48 Å². The van der Waals surface area contributed by atoms with E-state index >= 15 is 0 Å². The Morgan fingerprint density at radius 1 is 1.48 bits per heavy atom. The van der Waals surface area contributed by atoms with Gasteiger partial charge in [0.25, 0.3) is 5.91 Å². The van der Waals surface area contributed by atoms with E-state index in [4.69, 9.17) is 4.52 Å². The van der Waals surface area contributed by atoms with Crippen molar-refractivity contribution in [3.63, 3.8) is 0 Å². The van der Waals surface area contributed by atoms with E-state index in [0.717, 1.165) is 5.69 Å². The van der Waals surface area contributed by atoms with Crippen molar-refractivity contribution in [1.82, 2.24) is 14.9 Å². The fourth-order valence-electron chi connectivity index (χ4n) is 2.39. The molecule has 0 atom stereocenters. The molecule has 0 spiro atoms. The third kappa shape index (κ3) is 2.56. The summed E-state index contributed by atoms with van der Waals surface area (Å²) in [6.45, 7) is 1.71. The number of amides is 1. The number of aromatic nitrogens is 3. The van der Waals surface area contributed by atoms with Crippen molar-refractivity contribution in [2.45, 2.75) is 19.1 Å². The maximum atomic E-state index is 12.3. The van der Waals surface area contributed by atoms with Gasteiger partial charge in [0.15, 0.2) is 21.3 Å². The molecule has 1 aliphatic heterocycles. The molecule has 0 saturated heterocycles. The largest absolute Gasteiger partial charge is 0.360 e. The number of sulfone groups is 1. The number of nitrogens with zero attached hydrogens (tertiary/aromatic N) is 3. The van der Waals surface area contributed by atoms with Gasteiger partial charge in [-0.1, -0.05) is 5.16 Å². The SMILES string of the molecule is Cc1cc(NC(=O)c2nn(C)c3c2CS(=O)(=O)CC3)no1. The second kappa shape index (κ2) is 4.69. The monoisotopic (exact) mass is 310 g/mol. The second-order valence-corrected chi connectivity index (χ2v) is 7.20. The topological polar surface area (TPSA) is 107 Å². The first-order chi connectivity index (χ1) is 9.85. The molecule has 3 rings (SSSR count). The molecule has 2 aromatic rings. The molecule has 9 heteroatoms. The van der Waals surface area contributed by atoms with Crippen LogP contribution in [0.2, 0.25) is 0 Å². The van der Waals surface area contributed by atoms with Crippen LogP contribution in [0.3, 0.4) is 0 Å². The van der Waals surface area contributed by atoms with Crippen molar-refractivity contribution in [2.24, 2.45) is 7.05 Å². The molecule has 2 aromatic heterocycles. The Labute approximate surface area is 121 Å². The lowest BCUT2D eigenvalue weighted by atomic mass is 10.1. The number of rotatable bonds is 2. The Balaban J connectivity index is 1.94. The van der Waals surface area contributed by atoms with Gasteiger partial charge in [0.1, 0.15) is 5.76 Å². The van der Waals surface area contributed by atoms with Gasteiger partial charge in [0.2, 0.25) is 0 Å². The summed E-state index contributed by atoms with van der Waals surface area (Å²) in [7, 11) is -1.47. The molecular weight excluding hydrogens is 296 g/mol. The third-order valence-electron chi connectivity index (χ3n) is 3.37. The molecule has 112 valence electrons. The van der Waals surface area contributed by atoms with E-state index in [1.807, 2.05) is 0 Å². The quantitative estimate of drug-likeness (QED) is 0.862. The molecule has 0 bridgehead atoms. The van der Waals surface area contributed by atoms with Crippen LogP contribution in [-0.4, -0.2) is 35.0 Å². The van der Waals surface area contributed by atoms with Gasteiger partial charge in [0.05, 0.1) is 11.5 Å². The van der Waals surface area contributed by atoms with Crippen LogP contribution in [0.5, 0.6) is 0 Å². The normalized spacial score (nSPS) is 16.5. The van der Waals surface area contributed by atoms with Crippen LogP contribution in [0.1, 0.15) is 27.5 Å². The zero-order valence-electron chi connectivity index (χ0n) is 11.6. The summed E-state index contributed by atoms with van der Waals surface area (Å²) in [4.78, 5) is 12.3. The fraction of sp³-hybridized carbons (Fsp3) is 0.417. The first kappa shape index (κ1) is 13.8. The van der Waals surface area contributed by atoms with Crippen LogP contribution in [0.4, 0.5) is 5.82 Å². The highest BCUT2D eigenvalue weighted by molar-refractivity contribution is 7.90. The van der Waals surface area contributed by atoms with E-state index in [2.05, 4.69) is 15.6 Å². The molecule has 1 N–H and O–H groups in total. The molecule has 0 unspecified atom stereocenters. The average molecular weight is 310 g/mol. The van der Waals surface area contributed by atoms with Crippen molar-refractivity contribution in [2.75, 3.05) is 11.1 Å². The zero-order chi connectivity index (χ0) is 15.2. The lowest BCUT2D eigenvalue weighted by Gasteiger charge is -2.13. The van der Waals surface area contributed by atoms with Crippen LogP contribution >= 0.6 is 0 Å². The molecule has 1 amide bonds. The highest BCUT2D eigenvalue weighted by Gasteiger charge is 2.30. The highest BCUT2D eigenvalue weighted by atomic mass is 32.2. The first-order valence-electron chi connectivity index (χ1n) is 6.35. The van der Waals surface area contributed by atoms with Gasteiger partial charge in [-0.05, 0) is 6.92 Å². The van der Waals surface area contributed by atoms with Crippen molar-refractivity contribution in [1.29, 1.82) is 0 Å². The number of hydrogen-bond acceptors (Lipinski definition) is 6. The van der Waals surface area contributed by atoms with Crippen molar-refractivity contribution in [3.8, 4) is 0 Å². The van der Waals surface area contributed by atoms with Crippen LogP contribution < -0.4 is 5.32 Å². The summed E-state index contributed by atoms with van der Waals surface area (Å²) < 4.78 is 30.0. The fourth-order valence-corrected chi connectivity index (χ4v) is 3.79. The van der Waals surface area contributed by atoms with E-state index in [9.17, 15) is 13.2 Å². The van der Waals surface area contributed by atoms with Crippen LogP contribution in [0.25, 0.3) is 0 Å². The second-order valence-electron chi connectivity index (χ2n) is 5.02. The van der Waals surface area contributed by atoms with E-state index < -0.39 is 15.7 Å². The molecular formula is C12H14N4O4S. The molecule has 1 aliphatic rings. The number of carbonyl (C=O) groups is 1. The van der Waals surface area contributed by atoms with Crippen molar-refractivity contribution >= 4 is 21.6 Å². The number of hydrogen-bond donors (Lipinski definition) is 1. The smallest absolute Gasteiger partial charge is 0.277 e. The Morgan fingerprint density at radius 3 is 2.90 bits per heavy atom. The van der Waals surface area contributed by atoms with E-state index in [0.29, 0.717) is 17.7 Å². The van der Waals surface area contributed by atoms with E-state index in [1.54, 1.807) is 24.7 Å². The van der Waals surface area contributed by atoms with Gasteiger partial charge in [-0.25, -0.2) is 8.42 Å². The summed E-state index contributed by atoms with van der Waals surface area (Å²) in [5, 5.41) is 10.4. The lowest BCUT2D eigenvalue weighted by Crippen LogP contribution is -2.22. The summed E-state index contributed by atoms with van der Waals surface area (Å²) >= 11 is 0. The minimum absolute atomic E-state index is 0.0864. The molecule has 8 nitrogen and oxygen atoms in total. The van der Waals surface area contributed by atoms with Crippen LogP contribution in [-0.2, 0) is 29.1 Å². The molecule has 3 heterocycles. The maximum absolute atomic E-state index is 12.3. The van der Waals surface area contributed by atoms with Gasteiger partial charge < -0.3 is 9.84 Å². The van der Waals surface area contributed by atoms with Gasteiger partial charge in [0, 0.05) is 30.8 Å². The van der Waals surface area contributed by atoms with E-state index in [1.165, 1.54) is 0 Å². The number of aryl methyl sites for hydroxylation is 2. The molecule has 21 heavy (non-hydrogen) atoms. The van der Waals surface area contributed by atoms with Crippen LogP contribution in [0.15, 0.2) is 10.6 Å². The summed E-state index contributed by atoms with van der Waals surface area (Å²) in [5.74, 6) is 0.281. The number of fused-ring (bicyclic) bond motifs is 1. The molecule has 0 aromatic carbocycles. The first-order valence-corrected chi connectivity index (χ1v) is 8.18. The van der Waals surface area contributed by atoms with Gasteiger partial charge in [-0.15, -0.1) is 0 Å². The van der Waals surface area contributed by atoms with Crippen molar-refractivity contribution in [3.05, 3.63) is 28.8 Å². The predicted octanol–water partition coefficient (Wildman–Crippen LogP) is 0.440. The number of nitrogens with one attached hydrogen (secondary N) is 1. The standard InChI is InChI=1S/C12H14N4O4S/c1-7-5-10(15-20-7)13-12(17)11-8-6-21(18,19)4-3-9(8)16(2)14-11/h5H,3-4,6H2,1-2H3,(H,13,15,17). The number of carbonyl (C=O) groups excluding carboxylic acids is 1. The molecule has 0 saturated carbocycles. The summed E-state index contributed by atoms with van der Waals surface area (Å²) in [6.07, 6.45) is 0.373. The predicted molar refractivity (Wildman–Crippen MR) is 73.6 cm³/mol. The minimum Gasteiger partial charge on any atom is -0.360 e. The third-order valence-corrected chi connectivity index (χ3v) is 4.93. The van der Waals surface area contributed by atoms with Crippen LogP contribution in [0, 0.1) is 6.92 Å². The van der Waals surface area contributed by atoms with Gasteiger partial charge >= 0.3 is 0 Å². The summed E-state index contributed by atoms with van der Waals surface area (Å²) in [6, 6.07) is 1.57. The average Bonchev–Trinajstić information content (AvgIpc) is 2.92. The molecule has 0 fully saturated rings. The zero-order valence-corrected chi connectivity index (χ0v) is 12.4. The highest BCUT2D eigenvalue weighted by Crippen LogP contribution is 2.24. The molecule has 0 radical (unpaired) electrons. The maximum Gasteiger partial charge on any atom is 0.277 e. The Bertz CT molecular complexity index is 818. The molecule has 0 aliphatic carbocycles. The Kier molecular flexibility index (Phi) is 3.08. The van der Waals surface area contributed by atoms with Gasteiger partial charge in [-0.2, -0.15) is 5.10 Å². The van der Waals surface area contributed by atoms with Crippen molar-refractivity contribution < 1.29 is 17.7 Å². The number of anilines is 1. The summed E-state index contributed by atoms with van der Waals surface area (Å²) in [5.41, 5.74) is 1.38. The Hall–Kier alpha value is -2.16. The Morgan fingerprint density at radius 2 is 2.24 bits per heavy atom. The lowest BCUT2D eigenvalue weighted by molar-refractivity contribution is 0.102. The minimum atomic E-state index is -3.18.